The summed E-state index contributed by atoms with van der Waals surface area (Å²) in [5.74, 6) is 0.853. The van der Waals surface area contributed by atoms with Crippen molar-refractivity contribution >= 4 is 16.9 Å². The molecule has 3 aromatic rings. The summed E-state index contributed by atoms with van der Waals surface area (Å²) in [7, 11) is 1.81. The zero-order valence-electron chi connectivity index (χ0n) is 17.5. The highest BCUT2D eigenvalue weighted by Gasteiger charge is 2.04. The second-order valence-corrected chi connectivity index (χ2v) is 7.28. The molecule has 29 heavy (non-hydrogen) atoms. The van der Waals surface area contributed by atoms with Gasteiger partial charge in [-0.3, -0.25) is 4.99 Å². The third-order valence-electron chi connectivity index (χ3n) is 4.95. The Hall–Kier alpha value is -2.79. The lowest BCUT2D eigenvalue weighted by Gasteiger charge is -2.12. The molecule has 0 spiro atoms. The molecule has 1 aromatic heterocycles. The Kier molecular flexibility index (Phi) is 8.13. The van der Waals surface area contributed by atoms with Crippen LogP contribution in [0, 0.1) is 6.92 Å². The maximum absolute atomic E-state index is 5.73. The molecule has 0 amide bonds. The van der Waals surface area contributed by atoms with Crippen LogP contribution >= 0.6 is 0 Å². The zero-order chi connectivity index (χ0) is 20.3. The van der Waals surface area contributed by atoms with E-state index in [1.54, 1.807) is 0 Å². The van der Waals surface area contributed by atoms with Crippen LogP contribution in [0.25, 0.3) is 10.9 Å². The first kappa shape index (κ1) is 20.9. The van der Waals surface area contributed by atoms with E-state index in [-0.39, 0.29) is 0 Å². The monoisotopic (exact) mass is 392 g/mol. The lowest BCUT2D eigenvalue weighted by molar-refractivity contribution is 0.117. The van der Waals surface area contributed by atoms with Gasteiger partial charge in [0.25, 0.3) is 0 Å². The fourth-order valence-corrected chi connectivity index (χ4v) is 3.34. The summed E-state index contributed by atoms with van der Waals surface area (Å²) in [6, 6.07) is 16.8. The van der Waals surface area contributed by atoms with Crippen molar-refractivity contribution < 1.29 is 4.74 Å². The van der Waals surface area contributed by atoms with Crippen LogP contribution in [0.4, 0.5) is 0 Å². The van der Waals surface area contributed by atoms with E-state index in [2.05, 4.69) is 64.1 Å². The second kappa shape index (κ2) is 11.3. The molecule has 0 aliphatic carbocycles. The van der Waals surface area contributed by atoms with E-state index in [9.17, 15) is 0 Å². The van der Waals surface area contributed by atoms with E-state index < -0.39 is 0 Å². The van der Waals surface area contributed by atoms with E-state index in [1.165, 1.54) is 27.6 Å². The molecule has 5 heteroatoms. The largest absolute Gasteiger partial charge is 0.377 e. The lowest BCUT2D eigenvalue weighted by atomic mass is 10.1. The molecular formula is C24H32N4O. The van der Waals surface area contributed by atoms with Gasteiger partial charge in [0.1, 0.15) is 0 Å². The van der Waals surface area contributed by atoms with Gasteiger partial charge in [-0.15, -0.1) is 0 Å². The van der Waals surface area contributed by atoms with Crippen molar-refractivity contribution in [2.75, 3.05) is 26.7 Å². The number of nitrogens with zero attached hydrogens (tertiary/aromatic N) is 1. The molecule has 0 saturated carbocycles. The highest BCUT2D eigenvalue weighted by Crippen LogP contribution is 2.19. The lowest BCUT2D eigenvalue weighted by Crippen LogP contribution is -2.38. The van der Waals surface area contributed by atoms with Gasteiger partial charge in [-0.2, -0.15) is 0 Å². The molecule has 0 bridgehead atoms. The Morgan fingerprint density at radius 1 is 1.03 bits per heavy atom. The number of ether oxygens (including phenoxy) is 1. The van der Waals surface area contributed by atoms with Crippen molar-refractivity contribution in [2.45, 2.75) is 32.8 Å². The number of H-pyrrole nitrogens is 1. The van der Waals surface area contributed by atoms with Gasteiger partial charge >= 0.3 is 0 Å². The highest BCUT2D eigenvalue weighted by molar-refractivity contribution is 5.84. The van der Waals surface area contributed by atoms with Gasteiger partial charge in [0.2, 0.25) is 0 Å². The number of aryl methyl sites for hydroxylation is 1. The molecule has 0 radical (unpaired) electrons. The predicted octanol–water partition coefficient (Wildman–Crippen LogP) is 4.18. The number of guanidine groups is 1. The minimum absolute atomic E-state index is 0.685. The van der Waals surface area contributed by atoms with E-state index >= 15 is 0 Å². The van der Waals surface area contributed by atoms with Gasteiger partial charge in [0.15, 0.2) is 5.96 Å². The van der Waals surface area contributed by atoms with Crippen molar-refractivity contribution in [2.24, 2.45) is 4.99 Å². The zero-order valence-corrected chi connectivity index (χ0v) is 17.5. The summed E-state index contributed by atoms with van der Waals surface area (Å²) in [4.78, 5) is 7.67. The molecule has 1 heterocycles. The SMILES string of the molecule is CN=C(NCCCCOCc1ccccc1)NCCc1c[nH]c2cc(C)ccc12. The maximum atomic E-state index is 5.73. The minimum Gasteiger partial charge on any atom is -0.377 e. The second-order valence-electron chi connectivity index (χ2n) is 7.28. The number of benzene rings is 2. The number of fused-ring (bicyclic) bond motifs is 1. The first-order valence-corrected chi connectivity index (χ1v) is 10.4. The third kappa shape index (κ3) is 6.64. The Balaban J connectivity index is 1.28. The van der Waals surface area contributed by atoms with Gasteiger partial charge in [-0.05, 0) is 48.9 Å². The van der Waals surface area contributed by atoms with Crippen molar-refractivity contribution in [1.29, 1.82) is 0 Å². The molecule has 0 unspecified atom stereocenters. The van der Waals surface area contributed by atoms with E-state index in [0.717, 1.165) is 44.9 Å². The topological polar surface area (TPSA) is 61.4 Å². The Morgan fingerprint density at radius 3 is 2.69 bits per heavy atom. The smallest absolute Gasteiger partial charge is 0.190 e. The van der Waals surface area contributed by atoms with Crippen molar-refractivity contribution in [1.82, 2.24) is 15.6 Å². The number of unbranched alkanes of at least 4 members (excludes halogenated alkanes) is 1. The van der Waals surface area contributed by atoms with Crippen LogP contribution in [-0.4, -0.2) is 37.7 Å². The average Bonchev–Trinajstić information content (AvgIpc) is 3.14. The summed E-state index contributed by atoms with van der Waals surface area (Å²) in [6.07, 6.45) is 5.15. The Labute approximate surface area is 173 Å². The number of aromatic amines is 1. The summed E-state index contributed by atoms with van der Waals surface area (Å²) in [6.45, 7) is 5.32. The fraction of sp³-hybridized carbons (Fsp3) is 0.375. The molecule has 3 rings (SSSR count). The van der Waals surface area contributed by atoms with Crippen molar-refractivity contribution in [3.05, 3.63) is 71.4 Å². The van der Waals surface area contributed by atoms with Gasteiger partial charge in [0, 0.05) is 43.8 Å². The van der Waals surface area contributed by atoms with Crippen LogP contribution in [0.3, 0.4) is 0 Å². The van der Waals surface area contributed by atoms with Gasteiger partial charge in [0.05, 0.1) is 6.61 Å². The number of rotatable bonds is 10. The van der Waals surface area contributed by atoms with Crippen LogP contribution in [0.2, 0.25) is 0 Å². The molecule has 5 nitrogen and oxygen atoms in total. The Bertz CT molecular complexity index is 902. The first-order valence-electron chi connectivity index (χ1n) is 10.4. The van der Waals surface area contributed by atoms with Crippen LogP contribution in [0.5, 0.6) is 0 Å². The van der Waals surface area contributed by atoms with Crippen LogP contribution in [0.1, 0.15) is 29.5 Å². The molecule has 154 valence electrons. The van der Waals surface area contributed by atoms with E-state index in [4.69, 9.17) is 4.74 Å². The average molecular weight is 393 g/mol. The third-order valence-corrected chi connectivity index (χ3v) is 4.95. The number of nitrogens with one attached hydrogen (secondary N) is 3. The molecule has 3 N–H and O–H groups in total. The summed E-state index contributed by atoms with van der Waals surface area (Å²) >= 11 is 0. The molecular weight excluding hydrogens is 360 g/mol. The standard InChI is InChI=1S/C24H32N4O/c1-19-10-11-22-21(17-28-23(22)16-19)12-14-27-24(25-2)26-13-6-7-15-29-18-20-8-4-3-5-9-20/h3-5,8-11,16-17,28H,6-7,12-15,18H2,1-2H3,(H2,25,26,27). The number of hydrogen-bond donors (Lipinski definition) is 3. The fourth-order valence-electron chi connectivity index (χ4n) is 3.34. The highest BCUT2D eigenvalue weighted by atomic mass is 16.5. The van der Waals surface area contributed by atoms with Crippen LogP contribution in [-0.2, 0) is 17.8 Å². The summed E-state index contributed by atoms with van der Waals surface area (Å²) in [5.41, 5.74) is 5.04. The van der Waals surface area contributed by atoms with Crippen LogP contribution < -0.4 is 10.6 Å². The first-order chi connectivity index (χ1) is 14.3. The van der Waals surface area contributed by atoms with E-state index in [1.807, 2.05) is 25.2 Å². The molecule has 0 aliphatic rings. The van der Waals surface area contributed by atoms with Crippen LogP contribution in [0.15, 0.2) is 59.7 Å². The predicted molar refractivity (Wildman–Crippen MR) is 121 cm³/mol. The van der Waals surface area contributed by atoms with Gasteiger partial charge in [-0.1, -0.05) is 42.5 Å². The van der Waals surface area contributed by atoms with Crippen molar-refractivity contribution in [3.63, 3.8) is 0 Å². The van der Waals surface area contributed by atoms with E-state index in [0.29, 0.717) is 6.61 Å². The van der Waals surface area contributed by atoms with Crippen molar-refractivity contribution in [3.8, 4) is 0 Å². The molecule has 0 fully saturated rings. The molecule has 0 aliphatic heterocycles. The summed E-state index contributed by atoms with van der Waals surface area (Å²) in [5, 5.41) is 8.08. The molecule has 2 aromatic carbocycles. The maximum Gasteiger partial charge on any atom is 0.190 e. The molecule has 0 atom stereocenters. The van der Waals surface area contributed by atoms with Gasteiger partial charge < -0.3 is 20.4 Å². The number of aliphatic imine (C=N–C) groups is 1. The normalized spacial score (nSPS) is 11.7. The Morgan fingerprint density at radius 2 is 1.86 bits per heavy atom. The number of aromatic nitrogens is 1. The minimum atomic E-state index is 0.685. The quantitative estimate of drug-likeness (QED) is 0.276. The summed E-state index contributed by atoms with van der Waals surface area (Å²) < 4.78 is 5.73. The van der Waals surface area contributed by atoms with Gasteiger partial charge in [-0.25, -0.2) is 0 Å². The number of hydrogen-bond acceptors (Lipinski definition) is 2. The molecule has 0 saturated heterocycles.